The van der Waals surface area contributed by atoms with Crippen LogP contribution < -0.4 is 15.0 Å². The number of Topliss-reactive ketones (excluding diaryl/α,β-unsaturated/α-hetero) is 1. The Hall–Kier alpha value is -3.00. The van der Waals surface area contributed by atoms with Gasteiger partial charge in [0, 0.05) is 36.4 Å². The standard InChI is InChI=1S/C21H23N3O2/c1-15(25)16-8-9-17(13-22)21(11-16)23-18-5-4-10-24(14-18)19-6-3-7-20(12-19)26-2/h3,6-9,11-12,18,23H,4-5,10,14H2,1-2H3. The number of ether oxygens (including phenoxy) is 1. The van der Waals surface area contributed by atoms with E-state index in [-0.39, 0.29) is 11.8 Å². The Morgan fingerprint density at radius 2 is 2.15 bits per heavy atom. The Balaban J connectivity index is 1.77. The van der Waals surface area contributed by atoms with Crippen molar-refractivity contribution in [1.29, 1.82) is 5.26 Å². The molecule has 0 spiro atoms. The summed E-state index contributed by atoms with van der Waals surface area (Å²) in [5.41, 5.74) is 3.05. The number of hydrogen-bond donors (Lipinski definition) is 1. The van der Waals surface area contributed by atoms with Crippen LogP contribution in [0.4, 0.5) is 11.4 Å². The molecule has 0 amide bonds. The molecule has 26 heavy (non-hydrogen) atoms. The van der Waals surface area contributed by atoms with E-state index in [1.165, 1.54) is 6.92 Å². The molecule has 5 heteroatoms. The molecular weight excluding hydrogens is 326 g/mol. The minimum atomic E-state index is -0.000749. The number of nitrogens with one attached hydrogen (secondary N) is 1. The number of ketones is 1. The van der Waals surface area contributed by atoms with Gasteiger partial charge in [-0.25, -0.2) is 0 Å². The second kappa shape index (κ2) is 7.92. The van der Waals surface area contributed by atoms with Crippen molar-refractivity contribution in [2.24, 2.45) is 0 Å². The molecule has 1 N–H and O–H groups in total. The lowest BCUT2D eigenvalue weighted by Gasteiger charge is -2.35. The van der Waals surface area contributed by atoms with Crippen molar-refractivity contribution >= 4 is 17.2 Å². The Morgan fingerprint density at radius 3 is 2.88 bits per heavy atom. The summed E-state index contributed by atoms with van der Waals surface area (Å²) in [5.74, 6) is 0.845. The molecule has 0 radical (unpaired) electrons. The van der Waals surface area contributed by atoms with Crippen LogP contribution in [0.15, 0.2) is 42.5 Å². The van der Waals surface area contributed by atoms with E-state index in [0.29, 0.717) is 11.1 Å². The maximum atomic E-state index is 11.7. The topological polar surface area (TPSA) is 65.4 Å². The molecule has 3 rings (SSSR count). The van der Waals surface area contributed by atoms with Gasteiger partial charge in [0.25, 0.3) is 0 Å². The molecule has 2 aromatic carbocycles. The summed E-state index contributed by atoms with van der Waals surface area (Å²) < 4.78 is 5.32. The van der Waals surface area contributed by atoms with Crippen LogP contribution in [0.1, 0.15) is 35.7 Å². The maximum absolute atomic E-state index is 11.7. The molecule has 0 aromatic heterocycles. The zero-order valence-electron chi connectivity index (χ0n) is 15.2. The van der Waals surface area contributed by atoms with Crippen LogP contribution in [-0.4, -0.2) is 32.0 Å². The number of nitrogens with zero attached hydrogens (tertiary/aromatic N) is 2. The first-order valence-corrected chi connectivity index (χ1v) is 8.81. The van der Waals surface area contributed by atoms with Gasteiger partial charge in [-0.3, -0.25) is 4.79 Å². The third kappa shape index (κ3) is 3.97. The zero-order valence-corrected chi connectivity index (χ0v) is 15.2. The first-order chi connectivity index (χ1) is 12.6. The number of carbonyl (C=O) groups is 1. The number of anilines is 2. The maximum Gasteiger partial charge on any atom is 0.159 e. The number of hydrogen-bond acceptors (Lipinski definition) is 5. The van der Waals surface area contributed by atoms with Crippen molar-refractivity contribution in [3.05, 3.63) is 53.6 Å². The first kappa shape index (κ1) is 17.8. The van der Waals surface area contributed by atoms with E-state index >= 15 is 0 Å². The first-order valence-electron chi connectivity index (χ1n) is 8.81. The highest BCUT2D eigenvalue weighted by Crippen LogP contribution is 2.26. The van der Waals surface area contributed by atoms with E-state index in [1.54, 1.807) is 25.3 Å². The van der Waals surface area contributed by atoms with Crippen molar-refractivity contribution in [1.82, 2.24) is 0 Å². The lowest BCUT2D eigenvalue weighted by molar-refractivity contribution is 0.101. The summed E-state index contributed by atoms with van der Waals surface area (Å²) in [5, 5.41) is 12.8. The summed E-state index contributed by atoms with van der Waals surface area (Å²) in [6.45, 7) is 3.36. The predicted octanol–water partition coefficient (Wildman–Crippen LogP) is 3.85. The van der Waals surface area contributed by atoms with E-state index in [4.69, 9.17) is 4.74 Å². The van der Waals surface area contributed by atoms with Gasteiger partial charge in [-0.2, -0.15) is 5.26 Å². The lowest BCUT2D eigenvalue weighted by atomic mass is 10.0. The Bertz CT molecular complexity index is 841. The van der Waals surface area contributed by atoms with Gasteiger partial charge in [0.15, 0.2) is 5.78 Å². The number of carbonyl (C=O) groups excluding carboxylic acids is 1. The normalized spacial score (nSPS) is 16.7. The van der Waals surface area contributed by atoms with Gasteiger partial charge >= 0.3 is 0 Å². The molecule has 1 fully saturated rings. The average Bonchev–Trinajstić information content (AvgIpc) is 2.68. The van der Waals surface area contributed by atoms with Gasteiger partial charge in [0.05, 0.1) is 18.4 Å². The third-order valence-corrected chi connectivity index (χ3v) is 4.75. The predicted molar refractivity (Wildman–Crippen MR) is 103 cm³/mol. The van der Waals surface area contributed by atoms with Gasteiger partial charge in [-0.1, -0.05) is 6.07 Å². The van der Waals surface area contributed by atoms with Crippen LogP contribution in [0, 0.1) is 11.3 Å². The van der Waals surface area contributed by atoms with E-state index in [9.17, 15) is 10.1 Å². The average molecular weight is 349 g/mol. The fourth-order valence-corrected chi connectivity index (χ4v) is 3.34. The Kier molecular flexibility index (Phi) is 5.43. The molecule has 1 saturated heterocycles. The number of piperidine rings is 1. The zero-order chi connectivity index (χ0) is 18.5. The summed E-state index contributed by atoms with van der Waals surface area (Å²) in [6.07, 6.45) is 2.08. The second-order valence-electron chi connectivity index (χ2n) is 6.56. The van der Waals surface area contributed by atoms with Gasteiger partial charge < -0.3 is 15.0 Å². The molecule has 0 aliphatic carbocycles. The molecule has 1 atom stereocenters. The Labute approximate surface area is 154 Å². The van der Waals surface area contributed by atoms with Gasteiger partial charge in [-0.05, 0) is 50.1 Å². The summed E-state index contributed by atoms with van der Waals surface area (Å²) in [7, 11) is 1.67. The number of methoxy groups -OCH3 is 1. The van der Waals surface area contributed by atoms with Crippen LogP contribution in [-0.2, 0) is 0 Å². The van der Waals surface area contributed by atoms with Gasteiger partial charge in [-0.15, -0.1) is 0 Å². The molecule has 5 nitrogen and oxygen atoms in total. The van der Waals surface area contributed by atoms with E-state index in [2.05, 4.69) is 22.4 Å². The van der Waals surface area contributed by atoms with Crippen LogP contribution >= 0.6 is 0 Å². The monoisotopic (exact) mass is 349 g/mol. The summed E-state index contributed by atoms with van der Waals surface area (Å²) in [4.78, 5) is 14.0. The molecule has 1 heterocycles. The van der Waals surface area contributed by atoms with E-state index in [1.807, 2.05) is 18.2 Å². The van der Waals surface area contributed by atoms with Crippen LogP contribution in [0.3, 0.4) is 0 Å². The molecular formula is C21H23N3O2. The van der Waals surface area contributed by atoms with E-state index in [0.717, 1.165) is 43.1 Å². The summed E-state index contributed by atoms with van der Waals surface area (Å²) >= 11 is 0. The van der Waals surface area contributed by atoms with Crippen molar-refractivity contribution < 1.29 is 9.53 Å². The number of rotatable bonds is 5. The van der Waals surface area contributed by atoms with Crippen molar-refractivity contribution in [3.63, 3.8) is 0 Å². The molecule has 1 aliphatic rings. The van der Waals surface area contributed by atoms with Crippen molar-refractivity contribution in [2.45, 2.75) is 25.8 Å². The molecule has 134 valence electrons. The number of benzene rings is 2. The minimum Gasteiger partial charge on any atom is -0.497 e. The summed E-state index contributed by atoms with van der Waals surface area (Å²) in [6, 6.07) is 15.7. The molecule has 2 aromatic rings. The fourth-order valence-electron chi connectivity index (χ4n) is 3.34. The largest absolute Gasteiger partial charge is 0.497 e. The number of nitriles is 1. The van der Waals surface area contributed by atoms with Gasteiger partial charge in [0.1, 0.15) is 11.8 Å². The molecule has 0 saturated carbocycles. The van der Waals surface area contributed by atoms with Crippen LogP contribution in [0.5, 0.6) is 5.75 Å². The highest BCUT2D eigenvalue weighted by atomic mass is 16.5. The quantitative estimate of drug-likeness (QED) is 0.831. The minimum absolute atomic E-state index is 0.000749. The van der Waals surface area contributed by atoms with Crippen molar-refractivity contribution in [3.8, 4) is 11.8 Å². The molecule has 0 bridgehead atoms. The molecule has 1 aliphatic heterocycles. The highest BCUT2D eigenvalue weighted by molar-refractivity contribution is 5.95. The van der Waals surface area contributed by atoms with Crippen LogP contribution in [0.2, 0.25) is 0 Å². The molecule has 1 unspecified atom stereocenters. The fraction of sp³-hybridized carbons (Fsp3) is 0.333. The SMILES string of the molecule is COc1cccc(N2CCCC(Nc3cc(C(C)=O)ccc3C#N)C2)c1. The Morgan fingerprint density at radius 1 is 1.31 bits per heavy atom. The highest BCUT2D eigenvalue weighted by Gasteiger charge is 2.21. The smallest absolute Gasteiger partial charge is 0.159 e. The van der Waals surface area contributed by atoms with E-state index < -0.39 is 0 Å². The van der Waals surface area contributed by atoms with Crippen molar-refractivity contribution in [2.75, 3.05) is 30.4 Å². The lowest BCUT2D eigenvalue weighted by Crippen LogP contribution is -2.42. The van der Waals surface area contributed by atoms with Gasteiger partial charge in [0.2, 0.25) is 0 Å². The third-order valence-electron chi connectivity index (χ3n) is 4.75. The second-order valence-corrected chi connectivity index (χ2v) is 6.56. The van der Waals surface area contributed by atoms with Crippen LogP contribution in [0.25, 0.3) is 0 Å².